The fourth-order valence-corrected chi connectivity index (χ4v) is 4.46. The lowest BCUT2D eigenvalue weighted by Crippen LogP contribution is -2.41. The van der Waals surface area contributed by atoms with E-state index in [1.54, 1.807) is 41.5 Å². The maximum Gasteiger partial charge on any atom is 0.480 e. The Balaban J connectivity index is 1.71. The molecule has 2 aliphatic rings. The first-order valence-corrected chi connectivity index (χ1v) is 13.7. The van der Waals surface area contributed by atoms with Gasteiger partial charge in [0.05, 0.1) is 23.6 Å². The van der Waals surface area contributed by atoms with Crippen molar-refractivity contribution in [2.24, 2.45) is 10.8 Å². The molecule has 4 atom stereocenters. The number of aliphatic hydroxyl groups excluding tert-OH is 1. The summed E-state index contributed by atoms with van der Waals surface area (Å²) in [4.78, 5) is 38.6. The number of H-pyrrole nitrogens is 1. The average molecular weight is 598 g/mol. The van der Waals surface area contributed by atoms with Gasteiger partial charge in [-0.1, -0.05) is 12.2 Å². The van der Waals surface area contributed by atoms with Crippen LogP contribution in [0.3, 0.4) is 0 Å². The summed E-state index contributed by atoms with van der Waals surface area (Å²) in [6, 6.07) is 0. The SMILES string of the molecule is CC(C)(C)C(=O)OCOP(=O)(OCOC(=O)C(C)(C)C)OC[C@H]1OC(n2cc(F)c(=S)[nH]c2=O)[C@]2(CN2)C1O. The van der Waals surface area contributed by atoms with E-state index < -0.39 is 86.3 Å². The zero-order valence-electron chi connectivity index (χ0n) is 22.3. The Morgan fingerprint density at radius 1 is 1.15 bits per heavy atom. The number of ether oxygens (including phenoxy) is 3. The van der Waals surface area contributed by atoms with Crippen molar-refractivity contribution in [2.75, 3.05) is 26.7 Å². The predicted octanol–water partition coefficient (Wildman–Crippen LogP) is 1.90. The monoisotopic (exact) mass is 597 g/mol. The fraction of sp³-hybridized carbons (Fsp3) is 0.727. The largest absolute Gasteiger partial charge is 0.480 e. The molecule has 0 bridgehead atoms. The van der Waals surface area contributed by atoms with Crippen LogP contribution < -0.4 is 11.0 Å². The summed E-state index contributed by atoms with van der Waals surface area (Å²) in [6.45, 7) is 7.58. The number of hydrogen-bond acceptors (Lipinski definition) is 13. The van der Waals surface area contributed by atoms with Gasteiger partial charge in [-0.2, -0.15) is 0 Å². The number of esters is 2. The second-order valence-electron chi connectivity index (χ2n) is 11.1. The Labute approximate surface area is 228 Å². The number of phosphoric acid groups is 1. The quantitative estimate of drug-likeness (QED) is 0.117. The third-order valence-corrected chi connectivity index (χ3v) is 7.42. The van der Waals surface area contributed by atoms with Crippen molar-refractivity contribution in [3.63, 3.8) is 0 Å². The summed E-state index contributed by atoms with van der Waals surface area (Å²) in [5.41, 5.74) is -3.68. The Morgan fingerprint density at radius 3 is 2.13 bits per heavy atom. The van der Waals surface area contributed by atoms with E-state index >= 15 is 0 Å². The van der Waals surface area contributed by atoms with Gasteiger partial charge in [-0.25, -0.2) is 22.8 Å². The van der Waals surface area contributed by atoms with Crippen LogP contribution in [0.15, 0.2) is 11.0 Å². The summed E-state index contributed by atoms with van der Waals surface area (Å²) in [6.07, 6.45) is -2.81. The molecule has 0 aromatic carbocycles. The van der Waals surface area contributed by atoms with Gasteiger partial charge in [0.1, 0.15) is 22.4 Å². The molecule has 220 valence electrons. The lowest BCUT2D eigenvalue weighted by Gasteiger charge is -2.23. The molecule has 2 aliphatic heterocycles. The van der Waals surface area contributed by atoms with Crippen LogP contribution in [0.5, 0.6) is 0 Å². The number of rotatable bonds is 10. The number of hydrogen-bond donors (Lipinski definition) is 3. The molecular weight excluding hydrogens is 564 g/mol. The average Bonchev–Trinajstić information content (AvgIpc) is 3.57. The van der Waals surface area contributed by atoms with E-state index in [2.05, 4.69) is 10.3 Å². The highest BCUT2D eigenvalue weighted by atomic mass is 32.1. The van der Waals surface area contributed by atoms with E-state index in [0.29, 0.717) is 0 Å². The normalized spacial score (nSPS) is 25.1. The van der Waals surface area contributed by atoms with Gasteiger partial charge >= 0.3 is 25.5 Å². The third kappa shape index (κ3) is 7.38. The van der Waals surface area contributed by atoms with Crippen molar-refractivity contribution in [1.29, 1.82) is 0 Å². The first kappa shape index (κ1) is 31.5. The van der Waals surface area contributed by atoms with E-state index in [9.17, 15) is 28.4 Å². The maximum atomic E-state index is 14.1. The summed E-state index contributed by atoms with van der Waals surface area (Å²) in [5.74, 6) is -2.20. The van der Waals surface area contributed by atoms with Crippen LogP contribution >= 0.6 is 20.0 Å². The van der Waals surface area contributed by atoms with Crippen molar-refractivity contribution in [2.45, 2.75) is 65.5 Å². The number of phosphoric ester groups is 1. The third-order valence-electron chi connectivity index (χ3n) is 5.81. The van der Waals surface area contributed by atoms with Crippen molar-refractivity contribution < 1.29 is 51.4 Å². The first-order valence-electron chi connectivity index (χ1n) is 11.9. The minimum Gasteiger partial charge on any atom is -0.437 e. The molecule has 0 aliphatic carbocycles. The lowest BCUT2D eigenvalue weighted by atomic mass is 9.98. The van der Waals surface area contributed by atoms with Crippen molar-refractivity contribution in [1.82, 2.24) is 14.9 Å². The molecule has 3 heterocycles. The van der Waals surface area contributed by atoms with E-state index in [1.165, 1.54) is 0 Å². The molecule has 14 nitrogen and oxygen atoms in total. The molecule has 1 aromatic rings. The molecule has 1 aromatic heterocycles. The zero-order valence-corrected chi connectivity index (χ0v) is 24.1. The molecule has 2 saturated heterocycles. The Morgan fingerprint density at radius 2 is 1.67 bits per heavy atom. The molecule has 2 unspecified atom stereocenters. The van der Waals surface area contributed by atoms with Crippen LogP contribution in [0.1, 0.15) is 47.8 Å². The van der Waals surface area contributed by atoms with Gasteiger partial charge in [0.25, 0.3) is 0 Å². The summed E-state index contributed by atoms with van der Waals surface area (Å²) in [5, 5.41) is 13.8. The van der Waals surface area contributed by atoms with E-state index in [1.807, 2.05) is 0 Å². The van der Waals surface area contributed by atoms with E-state index in [-0.39, 0.29) is 11.2 Å². The number of nitrogens with zero attached hydrogens (tertiary/aromatic N) is 1. The number of aromatic nitrogens is 2. The van der Waals surface area contributed by atoms with Crippen LogP contribution in [0.2, 0.25) is 0 Å². The molecule has 3 N–H and O–H groups in total. The van der Waals surface area contributed by atoms with Gasteiger partial charge < -0.3 is 24.6 Å². The van der Waals surface area contributed by atoms with Crippen LogP contribution in [0.25, 0.3) is 0 Å². The lowest BCUT2D eigenvalue weighted by molar-refractivity contribution is -0.163. The number of carbonyl (C=O) groups is 2. The topological polar surface area (TPSA) is 187 Å². The Kier molecular flexibility index (Phi) is 9.24. The van der Waals surface area contributed by atoms with Crippen LogP contribution in [-0.4, -0.2) is 71.1 Å². The molecule has 0 radical (unpaired) electrons. The molecule has 0 saturated carbocycles. The number of carbonyl (C=O) groups excluding carboxylic acids is 2. The number of aliphatic hydroxyl groups is 1. The molecule has 1 spiro atoms. The summed E-state index contributed by atoms with van der Waals surface area (Å²) >= 11 is 4.73. The summed E-state index contributed by atoms with van der Waals surface area (Å²) < 4.78 is 59.1. The van der Waals surface area contributed by atoms with Crippen molar-refractivity contribution in [3.05, 3.63) is 27.1 Å². The van der Waals surface area contributed by atoms with Gasteiger partial charge in [-0.05, 0) is 41.5 Å². The molecule has 2 fully saturated rings. The van der Waals surface area contributed by atoms with E-state index in [4.69, 9.17) is 40.0 Å². The molecular formula is C22H33FN3O11PS. The smallest absolute Gasteiger partial charge is 0.437 e. The summed E-state index contributed by atoms with van der Waals surface area (Å²) in [7, 11) is -4.57. The van der Waals surface area contributed by atoms with Gasteiger partial charge in [-0.15, -0.1) is 0 Å². The molecule has 39 heavy (non-hydrogen) atoms. The van der Waals surface area contributed by atoms with Gasteiger partial charge in [0.2, 0.25) is 13.6 Å². The number of halogens is 1. The van der Waals surface area contributed by atoms with Gasteiger partial charge in [-0.3, -0.25) is 23.7 Å². The van der Waals surface area contributed by atoms with Gasteiger partial charge in [0.15, 0.2) is 12.0 Å². The minimum atomic E-state index is -4.57. The highest BCUT2D eigenvalue weighted by Gasteiger charge is 2.65. The standard InChI is InChI=1S/C22H33FN3O11PS/c1-20(2,3)17(28)32-10-35-38(31,36-11-33-18(29)21(4,5)6)34-8-13-14(27)22(9-24-22)16(37-13)26-7-12(23)15(39)25-19(26)30/h7,13-14,16,24,27H,8-11H2,1-6H3,(H,25,30,39)/t13-,14?,16?,22+/m1/s1. The van der Waals surface area contributed by atoms with Gasteiger partial charge in [0, 0.05) is 6.54 Å². The second-order valence-corrected chi connectivity index (χ2v) is 13.2. The predicted molar refractivity (Wildman–Crippen MR) is 133 cm³/mol. The zero-order chi connectivity index (χ0) is 29.4. The second kappa shape index (κ2) is 11.4. The highest BCUT2D eigenvalue weighted by molar-refractivity contribution is 7.71. The molecule has 3 rings (SSSR count). The first-order chi connectivity index (χ1) is 17.9. The number of aromatic amines is 1. The maximum absolute atomic E-state index is 14.1. The Hall–Kier alpha value is -2.04. The Bertz CT molecular complexity index is 1220. The minimum absolute atomic E-state index is 0.217. The molecule has 0 amide bonds. The molecule has 17 heteroatoms. The van der Waals surface area contributed by atoms with Crippen molar-refractivity contribution in [3.8, 4) is 0 Å². The van der Waals surface area contributed by atoms with Crippen LogP contribution in [0, 0.1) is 21.3 Å². The number of nitrogens with one attached hydrogen (secondary N) is 2. The highest BCUT2D eigenvalue weighted by Crippen LogP contribution is 2.51. The van der Waals surface area contributed by atoms with Crippen LogP contribution in [-0.2, 0) is 41.9 Å². The van der Waals surface area contributed by atoms with Crippen LogP contribution in [0.4, 0.5) is 4.39 Å². The fourth-order valence-electron chi connectivity index (χ4n) is 3.40. The van der Waals surface area contributed by atoms with Crippen molar-refractivity contribution >= 4 is 32.0 Å². The van der Waals surface area contributed by atoms with E-state index in [0.717, 1.165) is 10.8 Å².